The lowest BCUT2D eigenvalue weighted by Crippen LogP contribution is -2.42. The van der Waals surface area contributed by atoms with Crippen LogP contribution in [-0.2, 0) is 34.1 Å². The molecule has 0 bridgehead atoms. The SMILES string of the molecule is CCOC(=O)[C@@H](C)C[C@@H](NC(=O)c1ccc(CP(=O)(OCC)OCC)cc1)C(=O)O. The highest BCUT2D eigenvalue weighted by Crippen LogP contribution is 2.51. The fourth-order valence-corrected chi connectivity index (χ4v) is 4.41. The van der Waals surface area contributed by atoms with Gasteiger partial charge in [0.25, 0.3) is 5.91 Å². The number of carboxylic acid groups (broad SMARTS) is 1. The van der Waals surface area contributed by atoms with Gasteiger partial charge in [0.2, 0.25) is 0 Å². The zero-order valence-corrected chi connectivity index (χ0v) is 18.6. The monoisotopic (exact) mass is 443 g/mol. The van der Waals surface area contributed by atoms with Gasteiger partial charge >= 0.3 is 19.5 Å². The van der Waals surface area contributed by atoms with Crippen molar-refractivity contribution in [2.45, 2.75) is 46.3 Å². The zero-order chi connectivity index (χ0) is 22.7. The van der Waals surface area contributed by atoms with Crippen LogP contribution in [0.15, 0.2) is 24.3 Å². The molecule has 0 heterocycles. The van der Waals surface area contributed by atoms with E-state index in [1.54, 1.807) is 39.8 Å². The lowest BCUT2D eigenvalue weighted by Gasteiger charge is -2.18. The van der Waals surface area contributed by atoms with Crippen molar-refractivity contribution < 1.29 is 37.8 Å². The van der Waals surface area contributed by atoms with E-state index in [1.165, 1.54) is 12.1 Å². The molecule has 10 heteroatoms. The molecule has 1 amide bonds. The Morgan fingerprint density at radius 3 is 2.07 bits per heavy atom. The van der Waals surface area contributed by atoms with Crippen molar-refractivity contribution in [1.82, 2.24) is 5.32 Å². The molecule has 2 N–H and O–H groups in total. The van der Waals surface area contributed by atoms with Crippen LogP contribution in [0.25, 0.3) is 0 Å². The van der Waals surface area contributed by atoms with Gasteiger partial charge in [-0.3, -0.25) is 14.2 Å². The van der Waals surface area contributed by atoms with E-state index < -0.39 is 37.4 Å². The van der Waals surface area contributed by atoms with Gasteiger partial charge in [-0.15, -0.1) is 0 Å². The fourth-order valence-electron chi connectivity index (χ4n) is 2.70. The van der Waals surface area contributed by atoms with Crippen LogP contribution in [0.4, 0.5) is 0 Å². The molecule has 9 nitrogen and oxygen atoms in total. The molecular weight excluding hydrogens is 413 g/mol. The minimum Gasteiger partial charge on any atom is -0.480 e. The van der Waals surface area contributed by atoms with Gasteiger partial charge in [0, 0.05) is 5.56 Å². The standard InChI is InChI=1S/C20H30NO8P/c1-5-27-20(25)14(4)12-17(19(23)24)21-18(22)16-10-8-15(9-11-16)13-30(26,28-6-2)29-7-3/h8-11,14,17H,5-7,12-13H2,1-4H3,(H,21,22)(H,23,24)/t14-,17+/m0/s1. The number of carbonyl (C=O) groups excluding carboxylic acids is 2. The van der Waals surface area contributed by atoms with Gasteiger partial charge in [0.15, 0.2) is 0 Å². The van der Waals surface area contributed by atoms with E-state index in [4.69, 9.17) is 13.8 Å². The summed E-state index contributed by atoms with van der Waals surface area (Å²) in [6.07, 6.45) is -0.0325. The van der Waals surface area contributed by atoms with Crippen molar-refractivity contribution in [3.8, 4) is 0 Å². The van der Waals surface area contributed by atoms with Crippen molar-refractivity contribution >= 4 is 25.4 Å². The van der Waals surface area contributed by atoms with Gasteiger partial charge in [0.05, 0.1) is 31.9 Å². The second-order valence-corrected chi connectivity index (χ2v) is 8.61. The number of carbonyl (C=O) groups is 3. The molecule has 0 unspecified atom stereocenters. The minimum atomic E-state index is -3.27. The molecule has 0 aromatic heterocycles. The number of hydrogen-bond acceptors (Lipinski definition) is 7. The zero-order valence-electron chi connectivity index (χ0n) is 17.8. The first-order chi connectivity index (χ1) is 14.2. The fraction of sp³-hybridized carbons (Fsp3) is 0.550. The average molecular weight is 443 g/mol. The van der Waals surface area contributed by atoms with Crippen molar-refractivity contribution in [2.75, 3.05) is 19.8 Å². The number of ether oxygens (including phenoxy) is 1. The highest BCUT2D eigenvalue weighted by Gasteiger charge is 2.27. The molecule has 30 heavy (non-hydrogen) atoms. The van der Waals surface area contributed by atoms with Crippen LogP contribution in [-0.4, -0.2) is 48.8 Å². The van der Waals surface area contributed by atoms with Crippen LogP contribution in [0.3, 0.4) is 0 Å². The third-order valence-electron chi connectivity index (χ3n) is 4.13. The maximum atomic E-state index is 12.6. The van der Waals surface area contributed by atoms with Crippen LogP contribution in [0.1, 0.15) is 50.0 Å². The predicted molar refractivity (Wildman–Crippen MR) is 110 cm³/mol. The lowest BCUT2D eigenvalue weighted by molar-refractivity contribution is -0.148. The van der Waals surface area contributed by atoms with E-state index in [0.29, 0.717) is 5.56 Å². The number of amides is 1. The average Bonchev–Trinajstić information content (AvgIpc) is 2.68. The van der Waals surface area contributed by atoms with Crippen molar-refractivity contribution in [1.29, 1.82) is 0 Å². The summed E-state index contributed by atoms with van der Waals surface area (Å²) in [5.41, 5.74) is 0.888. The third-order valence-corrected chi connectivity index (χ3v) is 6.18. The van der Waals surface area contributed by atoms with E-state index in [0.717, 1.165) is 0 Å². The summed E-state index contributed by atoms with van der Waals surface area (Å²) in [4.78, 5) is 35.7. The van der Waals surface area contributed by atoms with Crippen LogP contribution < -0.4 is 5.32 Å². The van der Waals surface area contributed by atoms with Crippen LogP contribution in [0.2, 0.25) is 0 Å². The Kier molecular flexibility index (Phi) is 10.7. The maximum absolute atomic E-state index is 12.6. The number of benzene rings is 1. The number of rotatable bonds is 13. The smallest absolute Gasteiger partial charge is 0.335 e. The molecule has 0 aliphatic carbocycles. The second-order valence-electron chi connectivity index (χ2n) is 6.55. The Balaban J connectivity index is 2.81. The van der Waals surface area contributed by atoms with E-state index in [9.17, 15) is 24.1 Å². The highest BCUT2D eigenvalue weighted by molar-refractivity contribution is 7.53. The second kappa shape index (κ2) is 12.5. The Bertz CT molecular complexity index is 755. The Labute approximate surface area is 176 Å². The molecule has 0 spiro atoms. The lowest BCUT2D eigenvalue weighted by atomic mass is 10.0. The summed E-state index contributed by atoms with van der Waals surface area (Å²) in [6.45, 7) is 7.34. The summed E-state index contributed by atoms with van der Waals surface area (Å²) in [5, 5.41) is 11.8. The Hall–Kier alpha value is -2.22. The van der Waals surface area contributed by atoms with Crippen LogP contribution in [0, 0.1) is 5.92 Å². The van der Waals surface area contributed by atoms with E-state index in [2.05, 4.69) is 5.32 Å². The van der Waals surface area contributed by atoms with Crippen molar-refractivity contribution in [2.24, 2.45) is 5.92 Å². The molecule has 1 rings (SSSR count). The van der Waals surface area contributed by atoms with Crippen molar-refractivity contribution in [3.63, 3.8) is 0 Å². The summed E-state index contributed by atoms with van der Waals surface area (Å²) in [7, 11) is -3.27. The van der Waals surface area contributed by atoms with Gasteiger partial charge in [-0.05, 0) is 44.9 Å². The first-order valence-corrected chi connectivity index (χ1v) is 11.6. The van der Waals surface area contributed by atoms with Gasteiger partial charge in [-0.1, -0.05) is 19.1 Å². The molecule has 2 atom stereocenters. The molecule has 0 saturated heterocycles. The normalized spacial score (nSPS) is 13.3. The Morgan fingerprint density at radius 1 is 1.03 bits per heavy atom. The maximum Gasteiger partial charge on any atom is 0.335 e. The first-order valence-electron chi connectivity index (χ1n) is 9.83. The predicted octanol–water partition coefficient (Wildman–Crippen LogP) is 3.23. The highest BCUT2D eigenvalue weighted by atomic mass is 31.2. The molecule has 0 fully saturated rings. The van der Waals surface area contributed by atoms with Crippen molar-refractivity contribution in [3.05, 3.63) is 35.4 Å². The molecule has 0 aliphatic rings. The summed E-state index contributed by atoms with van der Waals surface area (Å²) in [6, 6.07) is 4.97. The minimum absolute atomic E-state index is 0.0609. The van der Waals surface area contributed by atoms with E-state index in [1.807, 2.05) is 0 Å². The number of nitrogens with one attached hydrogen (secondary N) is 1. The summed E-state index contributed by atoms with van der Waals surface area (Å²) in [5.74, 6) is -3.04. The molecule has 168 valence electrons. The van der Waals surface area contributed by atoms with Gasteiger partial charge in [-0.2, -0.15) is 0 Å². The van der Waals surface area contributed by atoms with E-state index >= 15 is 0 Å². The molecular formula is C20H30NO8P. The number of aliphatic carboxylic acids is 1. The Morgan fingerprint density at radius 2 is 1.60 bits per heavy atom. The summed E-state index contributed by atoms with van der Waals surface area (Å²) < 4.78 is 28.0. The number of carboxylic acids is 1. The van der Waals surface area contributed by atoms with Gasteiger partial charge < -0.3 is 24.2 Å². The van der Waals surface area contributed by atoms with Gasteiger partial charge in [0.1, 0.15) is 6.04 Å². The number of esters is 1. The van der Waals surface area contributed by atoms with Crippen LogP contribution in [0.5, 0.6) is 0 Å². The molecule has 1 aromatic carbocycles. The quantitative estimate of drug-likeness (QED) is 0.351. The largest absolute Gasteiger partial charge is 0.480 e. The summed E-state index contributed by atoms with van der Waals surface area (Å²) >= 11 is 0. The van der Waals surface area contributed by atoms with E-state index in [-0.39, 0.29) is 38.0 Å². The molecule has 0 radical (unpaired) electrons. The molecule has 0 aliphatic heterocycles. The topological polar surface area (TPSA) is 128 Å². The first kappa shape index (κ1) is 25.8. The number of hydrogen-bond donors (Lipinski definition) is 2. The van der Waals surface area contributed by atoms with Gasteiger partial charge in [-0.25, -0.2) is 4.79 Å². The third kappa shape index (κ3) is 8.26. The molecule has 0 saturated carbocycles. The molecule has 1 aromatic rings. The van der Waals surface area contributed by atoms with Crippen LogP contribution >= 0.6 is 7.60 Å².